The normalized spacial score (nSPS) is 10.9. The first-order chi connectivity index (χ1) is 12.9. The van der Waals surface area contributed by atoms with Gasteiger partial charge < -0.3 is 19.0 Å². The van der Waals surface area contributed by atoms with Gasteiger partial charge >= 0.3 is 5.97 Å². The van der Waals surface area contributed by atoms with E-state index in [0.717, 1.165) is 0 Å². The Hall–Kier alpha value is -3.35. The van der Waals surface area contributed by atoms with Gasteiger partial charge in [-0.15, -0.1) is 0 Å². The molecule has 0 fully saturated rings. The molecular formula is C20H20N2O5. The minimum Gasteiger partial charge on any atom is -0.493 e. The lowest BCUT2D eigenvalue weighted by molar-refractivity contribution is 0.0683. The Morgan fingerprint density at radius 3 is 2.41 bits per heavy atom. The first kappa shape index (κ1) is 18.4. The average Bonchev–Trinajstić information content (AvgIpc) is 2.96. The Balaban J connectivity index is 2.24. The number of pyridine rings is 1. The molecule has 2 heterocycles. The smallest absolute Gasteiger partial charge is 0.356 e. The van der Waals surface area contributed by atoms with Crippen LogP contribution in [-0.4, -0.2) is 33.1 Å². The lowest BCUT2D eigenvalue weighted by Gasteiger charge is -2.12. The van der Waals surface area contributed by atoms with Crippen molar-refractivity contribution in [2.75, 3.05) is 7.11 Å². The Labute approximate surface area is 155 Å². The van der Waals surface area contributed by atoms with Gasteiger partial charge in [0, 0.05) is 18.3 Å². The summed E-state index contributed by atoms with van der Waals surface area (Å²) in [4.78, 5) is 37.4. The number of carboxylic acid groups (broad SMARTS) is 1. The highest BCUT2D eigenvalue weighted by atomic mass is 16.5. The van der Waals surface area contributed by atoms with Crippen molar-refractivity contribution >= 4 is 22.7 Å². The second-order valence-electron chi connectivity index (χ2n) is 6.18. The van der Waals surface area contributed by atoms with Crippen LogP contribution in [0.1, 0.15) is 33.5 Å². The van der Waals surface area contributed by atoms with Gasteiger partial charge in [-0.2, -0.15) is 0 Å². The number of aromatic carboxylic acids is 1. The number of nitrogens with zero attached hydrogens (tertiary/aromatic N) is 2. The number of hydrogen-bond donors (Lipinski definition) is 1. The molecule has 140 valence electrons. The Morgan fingerprint density at radius 2 is 1.85 bits per heavy atom. The molecule has 0 bridgehead atoms. The maximum absolute atomic E-state index is 13.2. The molecule has 0 aliphatic heterocycles. The van der Waals surface area contributed by atoms with Crippen LogP contribution in [0.25, 0.3) is 10.9 Å². The third-order valence-corrected chi connectivity index (χ3v) is 4.67. The molecule has 7 nitrogen and oxygen atoms in total. The number of carbonyl (C=O) groups excluding carboxylic acids is 1. The first-order valence-electron chi connectivity index (χ1n) is 8.51. The molecule has 0 saturated heterocycles. The van der Waals surface area contributed by atoms with Crippen LogP contribution in [0, 0.1) is 0 Å². The summed E-state index contributed by atoms with van der Waals surface area (Å²) in [7, 11) is 2.90. The summed E-state index contributed by atoms with van der Waals surface area (Å²) in [6, 6.07) is 10.5. The number of carboxylic acids is 1. The number of carbonyl (C=O) groups is 2. The van der Waals surface area contributed by atoms with Crippen molar-refractivity contribution in [1.82, 2.24) is 9.13 Å². The van der Waals surface area contributed by atoms with Crippen molar-refractivity contribution in [3.05, 3.63) is 63.7 Å². The topological polar surface area (TPSA) is 90.5 Å². The van der Waals surface area contributed by atoms with Crippen LogP contribution < -0.4 is 10.3 Å². The van der Waals surface area contributed by atoms with Crippen LogP contribution in [-0.2, 0) is 20.0 Å². The average molecular weight is 368 g/mol. The molecule has 0 aliphatic carbocycles. The zero-order valence-electron chi connectivity index (χ0n) is 15.4. The van der Waals surface area contributed by atoms with Gasteiger partial charge in [0.15, 0.2) is 17.2 Å². The van der Waals surface area contributed by atoms with Gasteiger partial charge in [0.2, 0.25) is 0 Å². The molecule has 3 aromatic rings. The lowest BCUT2D eigenvalue weighted by Crippen LogP contribution is -2.27. The fraction of sp³-hybridized carbons (Fsp3) is 0.250. The van der Waals surface area contributed by atoms with E-state index in [1.165, 1.54) is 16.2 Å². The third kappa shape index (κ3) is 3.01. The van der Waals surface area contributed by atoms with Crippen LogP contribution in [0.3, 0.4) is 0 Å². The summed E-state index contributed by atoms with van der Waals surface area (Å²) < 4.78 is 8.07. The minimum absolute atomic E-state index is 0.00793. The quantitative estimate of drug-likeness (QED) is 0.675. The monoisotopic (exact) mass is 368 g/mol. The molecule has 7 heteroatoms. The van der Waals surface area contributed by atoms with Crippen LogP contribution in [0.2, 0.25) is 0 Å². The van der Waals surface area contributed by atoms with Gasteiger partial charge in [0.25, 0.3) is 5.56 Å². The summed E-state index contributed by atoms with van der Waals surface area (Å²) in [5, 5.41) is 9.66. The van der Waals surface area contributed by atoms with Crippen molar-refractivity contribution in [3.63, 3.8) is 0 Å². The number of ketones is 1. The second kappa shape index (κ2) is 7.11. The molecule has 0 aliphatic rings. The molecule has 0 unspecified atom stereocenters. The number of ether oxygens (including phenoxy) is 1. The largest absolute Gasteiger partial charge is 0.493 e. The van der Waals surface area contributed by atoms with Gasteiger partial charge in [0.1, 0.15) is 5.39 Å². The van der Waals surface area contributed by atoms with E-state index in [1.807, 2.05) is 13.0 Å². The van der Waals surface area contributed by atoms with Crippen molar-refractivity contribution < 1.29 is 19.4 Å². The fourth-order valence-corrected chi connectivity index (χ4v) is 3.32. The van der Waals surface area contributed by atoms with Gasteiger partial charge in [-0.05, 0) is 12.5 Å². The number of aromatic nitrogens is 2. The molecule has 2 aromatic heterocycles. The molecule has 1 N–H and O–H groups in total. The van der Waals surface area contributed by atoms with E-state index in [1.54, 1.807) is 37.4 Å². The fourth-order valence-electron chi connectivity index (χ4n) is 3.32. The van der Waals surface area contributed by atoms with Crippen LogP contribution >= 0.6 is 0 Å². The third-order valence-electron chi connectivity index (χ3n) is 4.67. The van der Waals surface area contributed by atoms with E-state index >= 15 is 0 Å². The number of hydrogen-bond acceptors (Lipinski definition) is 4. The molecule has 27 heavy (non-hydrogen) atoms. The Morgan fingerprint density at radius 1 is 1.19 bits per heavy atom. The second-order valence-corrected chi connectivity index (χ2v) is 6.18. The molecule has 0 atom stereocenters. The number of methoxy groups -OCH3 is 1. The summed E-state index contributed by atoms with van der Waals surface area (Å²) in [6.45, 7) is 1.75. The Kier molecular flexibility index (Phi) is 4.85. The van der Waals surface area contributed by atoms with Gasteiger partial charge in [-0.25, -0.2) is 4.79 Å². The highest BCUT2D eigenvalue weighted by molar-refractivity contribution is 6.01. The standard InChI is InChI=1S/C20H20N2O5/c1-4-13-10-14-16(18(27-3)17(20(25)26)21(14)2)19(24)22(13)11-15(23)12-8-6-5-7-9-12/h5-10H,4,11H2,1-3H3,(H,25,26). The summed E-state index contributed by atoms with van der Waals surface area (Å²) in [5.41, 5.74) is 1.09. The van der Waals surface area contributed by atoms with Crippen LogP contribution in [0.15, 0.2) is 41.2 Å². The van der Waals surface area contributed by atoms with Crippen molar-refractivity contribution in [2.45, 2.75) is 19.9 Å². The molecule has 3 rings (SSSR count). The molecule has 0 radical (unpaired) electrons. The summed E-state index contributed by atoms with van der Waals surface area (Å²) >= 11 is 0. The van der Waals surface area contributed by atoms with E-state index in [0.29, 0.717) is 23.2 Å². The number of rotatable bonds is 6. The van der Waals surface area contributed by atoms with E-state index in [-0.39, 0.29) is 29.2 Å². The predicted octanol–water partition coefficient (Wildman–Crippen LogP) is 2.49. The number of benzene rings is 1. The number of aryl methyl sites for hydroxylation is 2. The zero-order valence-corrected chi connectivity index (χ0v) is 15.4. The lowest BCUT2D eigenvalue weighted by atomic mass is 10.1. The molecule has 0 saturated carbocycles. The maximum Gasteiger partial charge on any atom is 0.356 e. The van der Waals surface area contributed by atoms with Gasteiger partial charge in [-0.1, -0.05) is 37.3 Å². The van der Waals surface area contributed by atoms with E-state index in [2.05, 4.69) is 0 Å². The zero-order chi connectivity index (χ0) is 19.7. The SMILES string of the molecule is CCc1cc2c(c(OC)c(C(=O)O)n2C)c(=O)n1CC(=O)c1ccccc1. The van der Waals surface area contributed by atoms with Gasteiger partial charge in [-0.3, -0.25) is 9.59 Å². The number of fused-ring (bicyclic) bond motifs is 1. The molecule has 0 amide bonds. The number of Topliss-reactive ketones (excluding diaryl/α,β-unsaturated/α-hetero) is 1. The first-order valence-corrected chi connectivity index (χ1v) is 8.51. The molecule has 1 aromatic carbocycles. The van der Waals surface area contributed by atoms with Crippen LogP contribution in [0.5, 0.6) is 5.75 Å². The molecular weight excluding hydrogens is 348 g/mol. The van der Waals surface area contributed by atoms with E-state index in [4.69, 9.17) is 4.74 Å². The van der Waals surface area contributed by atoms with Crippen LogP contribution in [0.4, 0.5) is 0 Å². The maximum atomic E-state index is 13.2. The van der Waals surface area contributed by atoms with Crippen molar-refractivity contribution in [3.8, 4) is 5.75 Å². The highest BCUT2D eigenvalue weighted by Crippen LogP contribution is 2.30. The highest BCUT2D eigenvalue weighted by Gasteiger charge is 2.26. The minimum atomic E-state index is -1.19. The van der Waals surface area contributed by atoms with Gasteiger partial charge in [0.05, 0.1) is 19.2 Å². The summed E-state index contributed by atoms with van der Waals surface area (Å²) in [6.07, 6.45) is 0.517. The Bertz CT molecular complexity index is 1090. The van der Waals surface area contributed by atoms with E-state index < -0.39 is 11.5 Å². The van der Waals surface area contributed by atoms with E-state index in [9.17, 15) is 19.5 Å². The van der Waals surface area contributed by atoms with Crippen molar-refractivity contribution in [2.24, 2.45) is 7.05 Å². The summed E-state index contributed by atoms with van der Waals surface area (Å²) in [5.74, 6) is -1.37. The molecule has 0 spiro atoms. The van der Waals surface area contributed by atoms with Crippen molar-refractivity contribution in [1.29, 1.82) is 0 Å². The predicted molar refractivity (Wildman–Crippen MR) is 101 cm³/mol.